The van der Waals surface area contributed by atoms with E-state index in [4.69, 9.17) is 14.4 Å². The molecule has 6 nitrogen and oxygen atoms in total. The van der Waals surface area contributed by atoms with Crippen molar-refractivity contribution in [2.24, 2.45) is 9.98 Å². The summed E-state index contributed by atoms with van der Waals surface area (Å²) in [6.45, 7) is 0. The summed E-state index contributed by atoms with van der Waals surface area (Å²) in [6.07, 6.45) is -0.522. The van der Waals surface area contributed by atoms with Crippen molar-refractivity contribution in [2.75, 3.05) is 0 Å². The smallest absolute Gasteiger partial charge is 0.159 e. The molecule has 0 fully saturated rings. The first kappa shape index (κ1) is 39.5. The van der Waals surface area contributed by atoms with Gasteiger partial charge in [0, 0.05) is 74.9 Å². The van der Waals surface area contributed by atoms with Gasteiger partial charge < -0.3 is 18.9 Å². The minimum atomic E-state index is -0.522. The minimum absolute atomic E-state index is 0.522. The van der Waals surface area contributed by atoms with Crippen molar-refractivity contribution in [2.45, 2.75) is 6.17 Å². The number of thiophene rings is 1. The zero-order chi connectivity index (χ0) is 47.0. The van der Waals surface area contributed by atoms with Gasteiger partial charge in [0.15, 0.2) is 5.84 Å². The summed E-state index contributed by atoms with van der Waals surface area (Å²) < 4.78 is 14.4. The van der Waals surface area contributed by atoms with E-state index < -0.39 is 6.17 Å². The summed E-state index contributed by atoms with van der Waals surface area (Å²) in [5.74, 6) is 1.38. The molecule has 7 heteroatoms. The molecular weight excluding hydrogens is 899 g/mol. The standard InChI is InChI=1S/C65H39N5OS/c1-2-19-42(20-3-1)69-53-29-11-8-22-44(53)47-25-14-27-50(60(47)69)64-66-63(67-65(68-64)51-28-15-26-48-46-24-10-13-31-58(46)72-62(48)51)41-36-56(59-49-33-32-38-16-6-7-21-43(38)61(49)71-57(59)37-41)70-54-30-12-9-23-45(54)52-34-39-17-4-5-18-40(39)35-55(52)70/h1-37,64H,(H,66,67,68). The molecule has 4 aromatic heterocycles. The van der Waals surface area contributed by atoms with Crippen molar-refractivity contribution in [3.8, 4) is 11.4 Å². The van der Waals surface area contributed by atoms with Gasteiger partial charge in [0.1, 0.15) is 23.2 Å². The van der Waals surface area contributed by atoms with E-state index in [-0.39, 0.29) is 0 Å². The lowest BCUT2D eigenvalue weighted by molar-refractivity contribution is 0.671. The lowest BCUT2D eigenvalue weighted by atomic mass is 10.0. The van der Waals surface area contributed by atoms with E-state index in [1.54, 1.807) is 11.3 Å². The number of rotatable bonds is 5. The van der Waals surface area contributed by atoms with Crippen LogP contribution in [-0.2, 0) is 0 Å². The van der Waals surface area contributed by atoms with Gasteiger partial charge in [-0.25, -0.2) is 9.98 Å². The van der Waals surface area contributed by atoms with Crippen LogP contribution in [0.2, 0.25) is 0 Å². The number of nitrogens with zero attached hydrogens (tertiary/aromatic N) is 4. The van der Waals surface area contributed by atoms with Gasteiger partial charge in [0.05, 0.1) is 33.1 Å². The predicted octanol–water partition coefficient (Wildman–Crippen LogP) is 16.9. The van der Waals surface area contributed by atoms with Crippen LogP contribution < -0.4 is 5.32 Å². The second-order valence-corrected chi connectivity index (χ2v) is 19.9. The van der Waals surface area contributed by atoms with Gasteiger partial charge in [-0.1, -0.05) is 158 Å². The Hall–Kier alpha value is -9.30. The van der Waals surface area contributed by atoms with Crippen LogP contribution in [0.25, 0.3) is 119 Å². The SMILES string of the molecule is c1ccc(-n2c3ccccc3c3cccc(C4N=C(c5cc(-n6c7ccccc7c7cc8ccccc8cc76)c6c(c5)oc5c7ccccc7ccc56)N=C(c5cccc6c5sc5ccccc56)N4)c32)cc1. The highest BCUT2D eigenvalue weighted by Gasteiger charge is 2.29. The average Bonchev–Trinajstić information content (AvgIpc) is 4.20. The zero-order valence-corrected chi connectivity index (χ0v) is 39.4. The Morgan fingerprint density at radius 3 is 1.99 bits per heavy atom. The lowest BCUT2D eigenvalue weighted by Gasteiger charge is -2.25. The number of nitrogens with one attached hydrogen (secondary N) is 1. The van der Waals surface area contributed by atoms with Gasteiger partial charge in [-0.15, -0.1) is 11.3 Å². The first-order chi connectivity index (χ1) is 35.7. The number of furan rings is 1. The lowest BCUT2D eigenvalue weighted by Crippen LogP contribution is -2.34. The van der Waals surface area contributed by atoms with Crippen molar-refractivity contribution in [3.05, 3.63) is 241 Å². The highest BCUT2D eigenvalue weighted by Crippen LogP contribution is 2.44. The van der Waals surface area contributed by atoms with Gasteiger partial charge in [-0.3, -0.25) is 0 Å². The molecule has 0 aliphatic carbocycles. The van der Waals surface area contributed by atoms with E-state index in [1.165, 1.54) is 52.5 Å². The molecule has 0 amide bonds. The quantitative estimate of drug-likeness (QED) is 0.187. The van der Waals surface area contributed by atoms with E-state index in [1.807, 2.05) is 0 Å². The molecule has 336 valence electrons. The van der Waals surface area contributed by atoms with Gasteiger partial charge in [0.25, 0.3) is 0 Å². The molecule has 15 aromatic rings. The Kier molecular flexibility index (Phi) is 8.29. The van der Waals surface area contributed by atoms with Gasteiger partial charge in [0.2, 0.25) is 0 Å². The number of aliphatic imine (C=N–C) groups is 2. The molecule has 0 radical (unpaired) electrons. The number of aromatic nitrogens is 2. The molecule has 1 unspecified atom stereocenters. The monoisotopic (exact) mass is 937 g/mol. The van der Waals surface area contributed by atoms with Crippen LogP contribution in [0, 0.1) is 0 Å². The summed E-state index contributed by atoms with van der Waals surface area (Å²) in [5.41, 5.74) is 11.1. The second kappa shape index (κ2) is 15.1. The number of fused-ring (bicyclic) bond motifs is 15. The van der Waals surface area contributed by atoms with E-state index in [9.17, 15) is 0 Å². The summed E-state index contributed by atoms with van der Waals surface area (Å²) >= 11 is 1.81. The van der Waals surface area contributed by atoms with Crippen LogP contribution in [0.4, 0.5) is 0 Å². The second-order valence-electron chi connectivity index (χ2n) is 18.9. The van der Waals surface area contributed by atoms with Crippen LogP contribution in [-0.4, -0.2) is 20.8 Å². The van der Waals surface area contributed by atoms with Gasteiger partial charge in [-0.2, -0.15) is 0 Å². The van der Waals surface area contributed by atoms with Crippen molar-refractivity contribution >= 4 is 130 Å². The van der Waals surface area contributed by atoms with Crippen molar-refractivity contribution in [1.82, 2.24) is 14.5 Å². The fraction of sp³-hybridized carbons (Fsp3) is 0.0154. The summed E-state index contributed by atoms with van der Waals surface area (Å²) in [7, 11) is 0. The predicted molar refractivity (Wildman–Crippen MR) is 302 cm³/mol. The van der Waals surface area contributed by atoms with Crippen LogP contribution in [0.3, 0.4) is 0 Å². The molecule has 0 spiro atoms. The summed E-state index contributed by atoms with van der Waals surface area (Å²) in [5, 5.41) is 17.8. The summed E-state index contributed by atoms with van der Waals surface area (Å²) in [4.78, 5) is 11.4. The van der Waals surface area contributed by atoms with Crippen molar-refractivity contribution < 1.29 is 4.42 Å². The Labute approximate surface area is 415 Å². The van der Waals surface area contributed by atoms with Crippen molar-refractivity contribution in [1.29, 1.82) is 0 Å². The molecule has 5 heterocycles. The molecule has 1 N–H and O–H groups in total. The molecule has 1 aliphatic heterocycles. The third-order valence-electron chi connectivity index (χ3n) is 14.9. The fourth-order valence-corrected chi connectivity index (χ4v) is 13.0. The maximum atomic E-state index is 7.17. The zero-order valence-electron chi connectivity index (χ0n) is 38.5. The molecule has 0 bridgehead atoms. The molecular formula is C65H39N5OS. The molecule has 16 rings (SSSR count). The van der Waals surface area contributed by atoms with Crippen LogP contribution in [0.5, 0.6) is 0 Å². The Morgan fingerprint density at radius 1 is 0.472 bits per heavy atom. The van der Waals surface area contributed by atoms with Gasteiger partial charge >= 0.3 is 0 Å². The largest absolute Gasteiger partial charge is 0.455 e. The molecule has 1 atom stereocenters. The number of hydrogen-bond donors (Lipinski definition) is 1. The van der Waals surface area contributed by atoms with Crippen LogP contribution >= 0.6 is 11.3 Å². The van der Waals surface area contributed by atoms with E-state index >= 15 is 0 Å². The van der Waals surface area contributed by atoms with Gasteiger partial charge in [-0.05, 0) is 82.9 Å². The molecule has 0 saturated carbocycles. The number of benzene rings is 11. The Balaban J connectivity index is 1.01. The third kappa shape index (κ3) is 5.71. The normalized spacial score (nSPS) is 14.2. The number of para-hydroxylation sites is 4. The maximum absolute atomic E-state index is 7.17. The highest BCUT2D eigenvalue weighted by molar-refractivity contribution is 7.26. The van der Waals surface area contributed by atoms with E-state index in [0.717, 1.165) is 88.7 Å². The molecule has 1 aliphatic rings. The number of hydrogen-bond acceptors (Lipinski definition) is 5. The average molecular weight is 938 g/mol. The first-order valence-electron chi connectivity index (χ1n) is 24.4. The first-order valence-corrected chi connectivity index (χ1v) is 25.2. The Morgan fingerprint density at radius 2 is 1.14 bits per heavy atom. The Bertz CT molecular complexity index is 4860. The topological polar surface area (TPSA) is 59.8 Å². The maximum Gasteiger partial charge on any atom is 0.159 e. The molecule has 11 aromatic carbocycles. The summed E-state index contributed by atoms with van der Waals surface area (Å²) in [6, 6.07) is 80.8. The minimum Gasteiger partial charge on any atom is -0.455 e. The van der Waals surface area contributed by atoms with Crippen LogP contribution in [0.1, 0.15) is 22.9 Å². The van der Waals surface area contributed by atoms with Crippen molar-refractivity contribution in [3.63, 3.8) is 0 Å². The number of amidine groups is 2. The molecule has 72 heavy (non-hydrogen) atoms. The van der Waals surface area contributed by atoms with E-state index in [2.05, 4.69) is 239 Å². The molecule has 0 saturated heterocycles. The van der Waals surface area contributed by atoms with E-state index in [0.29, 0.717) is 5.84 Å². The fourth-order valence-electron chi connectivity index (χ4n) is 11.8. The van der Waals surface area contributed by atoms with Crippen LogP contribution in [0.15, 0.2) is 239 Å². The third-order valence-corrected chi connectivity index (χ3v) is 16.1. The highest BCUT2D eigenvalue weighted by atomic mass is 32.1.